The lowest BCUT2D eigenvalue weighted by Crippen LogP contribution is -2.11. The summed E-state index contributed by atoms with van der Waals surface area (Å²) >= 11 is 0. The maximum atomic E-state index is 11.5. The van der Waals surface area contributed by atoms with Gasteiger partial charge < -0.3 is 9.47 Å². The van der Waals surface area contributed by atoms with Gasteiger partial charge in [0.2, 0.25) is 0 Å². The summed E-state index contributed by atoms with van der Waals surface area (Å²) in [7, 11) is 0. The SMILES string of the molecule is O=C(OCc1ccccc1[N+](=O)[O-])Oc1ccc([N+](=O)[O-])cc1. The number of rotatable bonds is 5. The van der Waals surface area contributed by atoms with Gasteiger partial charge >= 0.3 is 6.16 Å². The monoisotopic (exact) mass is 318 g/mol. The van der Waals surface area contributed by atoms with Crippen molar-refractivity contribution in [2.75, 3.05) is 0 Å². The molecule has 9 heteroatoms. The summed E-state index contributed by atoms with van der Waals surface area (Å²) in [5.41, 5.74) is -0.0978. The van der Waals surface area contributed by atoms with Crippen LogP contribution in [0.1, 0.15) is 5.56 Å². The van der Waals surface area contributed by atoms with Crippen molar-refractivity contribution in [3.05, 3.63) is 74.3 Å². The third-order valence-corrected chi connectivity index (χ3v) is 2.78. The summed E-state index contributed by atoms with van der Waals surface area (Å²) in [6.07, 6.45) is -1.07. The molecule has 0 unspecified atom stereocenters. The first kappa shape index (κ1) is 15.9. The third kappa shape index (κ3) is 4.24. The van der Waals surface area contributed by atoms with E-state index < -0.39 is 16.0 Å². The molecule has 0 aliphatic heterocycles. The van der Waals surface area contributed by atoms with Crippen LogP contribution in [0, 0.1) is 20.2 Å². The second-order valence-corrected chi connectivity index (χ2v) is 4.28. The molecule has 0 aliphatic rings. The van der Waals surface area contributed by atoms with Gasteiger partial charge in [0.15, 0.2) is 0 Å². The molecule has 0 fully saturated rings. The summed E-state index contributed by atoms with van der Waals surface area (Å²) in [5, 5.41) is 21.3. The van der Waals surface area contributed by atoms with Gasteiger partial charge in [-0.15, -0.1) is 0 Å². The Bertz CT molecular complexity index is 743. The van der Waals surface area contributed by atoms with Gasteiger partial charge in [-0.05, 0) is 18.2 Å². The Morgan fingerprint density at radius 3 is 2.22 bits per heavy atom. The molecule has 118 valence electrons. The van der Waals surface area contributed by atoms with Crippen LogP contribution in [0.25, 0.3) is 0 Å². The quantitative estimate of drug-likeness (QED) is 0.359. The fourth-order valence-corrected chi connectivity index (χ4v) is 1.71. The molecule has 0 aromatic heterocycles. The molecular formula is C14H10N2O7. The Kier molecular flexibility index (Phi) is 4.82. The number of carbonyl (C=O) groups is 1. The van der Waals surface area contributed by atoms with Gasteiger partial charge in [0.1, 0.15) is 12.4 Å². The number of ether oxygens (including phenoxy) is 2. The summed E-state index contributed by atoms with van der Waals surface area (Å²) in [6.45, 7) is -0.330. The number of nitro groups is 2. The molecule has 0 atom stereocenters. The van der Waals surface area contributed by atoms with E-state index in [-0.39, 0.29) is 29.3 Å². The van der Waals surface area contributed by atoms with E-state index in [9.17, 15) is 25.0 Å². The van der Waals surface area contributed by atoms with Crippen molar-refractivity contribution in [3.8, 4) is 5.75 Å². The van der Waals surface area contributed by atoms with E-state index in [0.717, 1.165) is 0 Å². The van der Waals surface area contributed by atoms with E-state index in [2.05, 4.69) is 0 Å². The van der Waals surface area contributed by atoms with Crippen molar-refractivity contribution in [1.82, 2.24) is 0 Å². The van der Waals surface area contributed by atoms with E-state index in [1.54, 1.807) is 6.07 Å². The lowest BCUT2D eigenvalue weighted by atomic mass is 10.2. The zero-order chi connectivity index (χ0) is 16.8. The number of para-hydroxylation sites is 1. The molecule has 0 radical (unpaired) electrons. The fraction of sp³-hybridized carbons (Fsp3) is 0.0714. The predicted molar refractivity (Wildman–Crippen MR) is 77.0 cm³/mol. The first-order valence-electron chi connectivity index (χ1n) is 6.28. The normalized spacial score (nSPS) is 9.91. The van der Waals surface area contributed by atoms with Crippen LogP contribution in [0.4, 0.5) is 16.2 Å². The van der Waals surface area contributed by atoms with E-state index in [1.165, 1.54) is 42.5 Å². The van der Waals surface area contributed by atoms with Crippen LogP contribution in [0.15, 0.2) is 48.5 Å². The maximum absolute atomic E-state index is 11.5. The topological polar surface area (TPSA) is 122 Å². The highest BCUT2D eigenvalue weighted by Gasteiger charge is 2.15. The zero-order valence-electron chi connectivity index (χ0n) is 11.6. The Labute approximate surface area is 129 Å². The van der Waals surface area contributed by atoms with Crippen LogP contribution in [0.2, 0.25) is 0 Å². The average molecular weight is 318 g/mol. The number of carbonyl (C=O) groups excluding carboxylic acids is 1. The van der Waals surface area contributed by atoms with Crippen molar-refractivity contribution >= 4 is 17.5 Å². The molecule has 0 heterocycles. The van der Waals surface area contributed by atoms with Crippen LogP contribution >= 0.6 is 0 Å². The molecular weight excluding hydrogens is 308 g/mol. The average Bonchev–Trinajstić information content (AvgIpc) is 2.53. The highest BCUT2D eigenvalue weighted by atomic mass is 16.7. The Hall–Kier alpha value is -3.49. The number of nitro benzene ring substituents is 2. The van der Waals surface area contributed by atoms with E-state index >= 15 is 0 Å². The summed E-state index contributed by atoms with van der Waals surface area (Å²) in [5.74, 6) is 0.0585. The molecule has 23 heavy (non-hydrogen) atoms. The first-order valence-corrected chi connectivity index (χ1v) is 6.28. The Balaban J connectivity index is 1.95. The Morgan fingerprint density at radius 2 is 1.61 bits per heavy atom. The summed E-state index contributed by atoms with van der Waals surface area (Å²) < 4.78 is 9.62. The fourth-order valence-electron chi connectivity index (χ4n) is 1.71. The number of hydrogen-bond donors (Lipinski definition) is 0. The number of hydrogen-bond acceptors (Lipinski definition) is 7. The van der Waals surface area contributed by atoms with Gasteiger partial charge in [0, 0.05) is 18.2 Å². The van der Waals surface area contributed by atoms with Crippen molar-refractivity contribution < 1.29 is 24.1 Å². The minimum atomic E-state index is -1.07. The minimum absolute atomic E-state index is 0.0585. The number of benzene rings is 2. The van der Waals surface area contributed by atoms with Crippen molar-refractivity contribution in [2.45, 2.75) is 6.61 Å². The zero-order valence-corrected chi connectivity index (χ0v) is 11.6. The van der Waals surface area contributed by atoms with E-state index in [1.807, 2.05) is 0 Å². The van der Waals surface area contributed by atoms with Crippen LogP contribution < -0.4 is 4.74 Å². The van der Waals surface area contributed by atoms with Gasteiger partial charge in [0.05, 0.1) is 15.4 Å². The van der Waals surface area contributed by atoms with Gasteiger partial charge in [-0.2, -0.15) is 0 Å². The van der Waals surface area contributed by atoms with Crippen LogP contribution in [-0.4, -0.2) is 16.0 Å². The Morgan fingerprint density at radius 1 is 0.957 bits per heavy atom. The second-order valence-electron chi connectivity index (χ2n) is 4.28. The molecule has 0 spiro atoms. The van der Waals surface area contributed by atoms with Crippen molar-refractivity contribution in [1.29, 1.82) is 0 Å². The lowest BCUT2D eigenvalue weighted by Gasteiger charge is -2.06. The minimum Gasteiger partial charge on any atom is -0.429 e. The highest BCUT2D eigenvalue weighted by Crippen LogP contribution is 2.20. The van der Waals surface area contributed by atoms with Crippen LogP contribution in [0.3, 0.4) is 0 Å². The summed E-state index contributed by atoms with van der Waals surface area (Å²) in [6, 6.07) is 10.6. The van der Waals surface area contributed by atoms with Crippen molar-refractivity contribution in [2.24, 2.45) is 0 Å². The van der Waals surface area contributed by atoms with Crippen LogP contribution in [0.5, 0.6) is 5.75 Å². The molecule has 0 saturated heterocycles. The van der Waals surface area contributed by atoms with Gasteiger partial charge in [-0.25, -0.2) is 4.79 Å². The lowest BCUT2D eigenvalue weighted by molar-refractivity contribution is -0.385. The smallest absolute Gasteiger partial charge is 0.429 e. The van der Waals surface area contributed by atoms with Crippen molar-refractivity contribution in [3.63, 3.8) is 0 Å². The molecule has 0 N–H and O–H groups in total. The third-order valence-electron chi connectivity index (χ3n) is 2.78. The van der Waals surface area contributed by atoms with Crippen LogP contribution in [-0.2, 0) is 11.3 Å². The summed E-state index contributed by atoms with van der Waals surface area (Å²) in [4.78, 5) is 31.7. The second kappa shape index (κ2) is 6.98. The number of non-ortho nitro benzene ring substituents is 1. The standard InChI is InChI=1S/C14H10N2O7/c17-14(23-12-7-5-11(6-8-12)15(18)19)22-9-10-3-1-2-4-13(10)16(20)21/h1-8H,9H2. The first-order chi connectivity index (χ1) is 11.0. The van der Waals surface area contributed by atoms with E-state index in [0.29, 0.717) is 0 Å². The molecule has 0 bridgehead atoms. The largest absolute Gasteiger partial charge is 0.514 e. The van der Waals surface area contributed by atoms with Gasteiger partial charge in [0.25, 0.3) is 11.4 Å². The molecule has 9 nitrogen and oxygen atoms in total. The maximum Gasteiger partial charge on any atom is 0.514 e. The van der Waals surface area contributed by atoms with Gasteiger partial charge in [-0.1, -0.05) is 12.1 Å². The van der Waals surface area contributed by atoms with E-state index in [4.69, 9.17) is 9.47 Å². The molecule has 2 aromatic rings. The molecule has 2 rings (SSSR count). The van der Waals surface area contributed by atoms with Gasteiger partial charge in [-0.3, -0.25) is 20.2 Å². The number of nitrogens with zero attached hydrogens (tertiary/aromatic N) is 2. The highest BCUT2D eigenvalue weighted by molar-refractivity contribution is 5.64. The molecule has 2 aromatic carbocycles. The molecule has 0 saturated carbocycles. The molecule has 0 amide bonds. The predicted octanol–water partition coefficient (Wildman–Crippen LogP) is 3.22. The molecule has 0 aliphatic carbocycles.